The number of nitrogens with zero attached hydrogens (tertiary/aromatic N) is 1. The molecule has 1 aliphatic carbocycles. The summed E-state index contributed by atoms with van der Waals surface area (Å²) in [5, 5.41) is 14.4. The molecule has 1 amide bonds. The Hall–Kier alpha value is -1.85. The van der Waals surface area contributed by atoms with Gasteiger partial charge in [0.1, 0.15) is 18.4 Å². The Kier molecular flexibility index (Phi) is 2.40. The Bertz CT molecular complexity index is 395. The van der Waals surface area contributed by atoms with E-state index in [0.717, 1.165) is 12.8 Å². The number of aromatic nitrogens is 1. The van der Waals surface area contributed by atoms with Crippen molar-refractivity contribution in [2.45, 2.75) is 18.8 Å². The monoisotopic (exact) mass is 210 g/mol. The summed E-state index contributed by atoms with van der Waals surface area (Å²) in [6, 6.07) is 0. The average Bonchev–Trinajstić information content (AvgIpc) is 2.93. The minimum Gasteiger partial charge on any atom is -0.480 e. The zero-order valence-electron chi connectivity index (χ0n) is 7.90. The minimum absolute atomic E-state index is 0.300. The van der Waals surface area contributed by atoms with Crippen LogP contribution in [0.15, 0.2) is 10.8 Å². The molecule has 6 nitrogen and oxygen atoms in total. The molecule has 1 aromatic heterocycles. The quantitative estimate of drug-likeness (QED) is 0.748. The predicted octanol–water partition coefficient (Wildman–Crippen LogP) is 0.366. The van der Waals surface area contributed by atoms with E-state index in [1.165, 1.54) is 6.26 Å². The molecule has 15 heavy (non-hydrogen) atoms. The maximum Gasteiger partial charge on any atom is 0.322 e. The zero-order chi connectivity index (χ0) is 10.8. The molecule has 0 aliphatic heterocycles. The Balaban J connectivity index is 2.04. The van der Waals surface area contributed by atoms with Crippen molar-refractivity contribution >= 4 is 11.9 Å². The second-order valence-corrected chi connectivity index (χ2v) is 3.46. The van der Waals surface area contributed by atoms with Crippen molar-refractivity contribution in [1.29, 1.82) is 0 Å². The van der Waals surface area contributed by atoms with Crippen molar-refractivity contribution in [1.82, 2.24) is 10.5 Å². The molecule has 0 saturated heterocycles. The number of carbonyl (C=O) groups excluding carboxylic acids is 1. The van der Waals surface area contributed by atoms with Crippen LogP contribution in [0.3, 0.4) is 0 Å². The standard InChI is InChI=1S/C9H10N2O4/c12-7(13)3-10-9(14)6-4-15-11-8(6)5-1-2-5/h4-5H,1-3H2,(H,10,14)(H,12,13). The van der Waals surface area contributed by atoms with Gasteiger partial charge in [-0.05, 0) is 12.8 Å². The molecule has 1 aliphatic rings. The number of carboxylic acids is 1. The van der Waals surface area contributed by atoms with Crippen molar-refractivity contribution in [3.8, 4) is 0 Å². The molecule has 1 fully saturated rings. The summed E-state index contributed by atoms with van der Waals surface area (Å²) in [5.41, 5.74) is 0.983. The number of nitrogens with one attached hydrogen (secondary N) is 1. The van der Waals surface area contributed by atoms with Gasteiger partial charge < -0.3 is 14.9 Å². The van der Waals surface area contributed by atoms with Gasteiger partial charge in [0, 0.05) is 5.92 Å². The molecule has 2 N–H and O–H groups in total. The summed E-state index contributed by atoms with van der Waals surface area (Å²) in [7, 11) is 0. The van der Waals surface area contributed by atoms with E-state index in [9.17, 15) is 9.59 Å². The summed E-state index contributed by atoms with van der Waals surface area (Å²) < 4.78 is 4.72. The number of amides is 1. The van der Waals surface area contributed by atoms with Crippen molar-refractivity contribution in [3.05, 3.63) is 17.5 Å². The number of carboxylic acid groups (broad SMARTS) is 1. The maximum atomic E-state index is 11.5. The van der Waals surface area contributed by atoms with Gasteiger partial charge in [-0.25, -0.2) is 0 Å². The molecule has 80 valence electrons. The average molecular weight is 210 g/mol. The van der Waals surface area contributed by atoms with Crippen LogP contribution >= 0.6 is 0 Å². The van der Waals surface area contributed by atoms with Crippen molar-refractivity contribution < 1.29 is 19.2 Å². The lowest BCUT2D eigenvalue weighted by Crippen LogP contribution is -2.29. The summed E-state index contributed by atoms with van der Waals surface area (Å²) in [6.45, 7) is -0.395. The van der Waals surface area contributed by atoms with Gasteiger partial charge in [0.05, 0.1) is 5.69 Å². The minimum atomic E-state index is -1.08. The molecule has 6 heteroatoms. The number of hydrogen-bond acceptors (Lipinski definition) is 4. The van der Waals surface area contributed by atoms with E-state index in [2.05, 4.69) is 10.5 Å². The number of hydrogen-bond donors (Lipinski definition) is 2. The fourth-order valence-electron chi connectivity index (χ4n) is 1.32. The lowest BCUT2D eigenvalue weighted by Gasteiger charge is -2.00. The Labute approximate surface area is 85.2 Å². The van der Waals surface area contributed by atoms with Gasteiger partial charge in [-0.1, -0.05) is 5.16 Å². The molecule has 0 spiro atoms. The van der Waals surface area contributed by atoms with Crippen molar-refractivity contribution in [3.63, 3.8) is 0 Å². The Morgan fingerprint density at radius 2 is 2.33 bits per heavy atom. The fourth-order valence-corrected chi connectivity index (χ4v) is 1.32. The van der Waals surface area contributed by atoms with Gasteiger partial charge in [0.25, 0.3) is 5.91 Å². The molecule has 1 saturated carbocycles. The van der Waals surface area contributed by atoms with Crippen LogP contribution in [0, 0.1) is 0 Å². The molecular weight excluding hydrogens is 200 g/mol. The molecule has 1 heterocycles. The van der Waals surface area contributed by atoms with E-state index in [1.807, 2.05) is 0 Å². The first-order valence-corrected chi connectivity index (χ1v) is 4.62. The van der Waals surface area contributed by atoms with E-state index >= 15 is 0 Å². The first-order valence-electron chi connectivity index (χ1n) is 4.62. The van der Waals surface area contributed by atoms with Crippen molar-refractivity contribution in [2.24, 2.45) is 0 Å². The molecule has 1 aromatic rings. The molecule has 0 unspecified atom stereocenters. The van der Waals surface area contributed by atoms with E-state index in [1.54, 1.807) is 0 Å². The Morgan fingerprint density at radius 3 is 2.93 bits per heavy atom. The van der Waals surface area contributed by atoms with Gasteiger partial charge in [-0.3, -0.25) is 9.59 Å². The highest BCUT2D eigenvalue weighted by atomic mass is 16.5. The van der Waals surface area contributed by atoms with Gasteiger partial charge in [0.15, 0.2) is 0 Å². The second kappa shape index (κ2) is 3.72. The normalized spacial score (nSPS) is 14.9. The van der Waals surface area contributed by atoms with Crippen LogP contribution in [0.25, 0.3) is 0 Å². The molecule has 0 radical (unpaired) electrons. The third-order valence-corrected chi connectivity index (χ3v) is 2.21. The predicted molar refractivity (Wildman–Crippen MR) is 48.4 cm³/mol. The van der Waals surface area contributed by atoms with Gasteiger partial charge in [-0.15, -0.1) is 0 Å². The van der Waals surface area contributed by atoms with E-state index < -0.39 is 18.4 Å². The van der Waals surface area contributed by atoms with Crippen LogP contribution in [0.1, 0.15) is 34.8 Å². The number of carbonyl (C=O) groups is 2. The zero-order valence-corrected chi connectivity index (χ0v) is 7.90. The largest absolute Gasteiger partial charge is 0.480 e. The Morgan fingerprint density at radius 1 is 1.60 bits per heavy atom. The van der Waals surface area contributed by atoms with Crippen LogP contribution in [0.5, 0.6) is 0 Å². The molecular formula is C9H10N2O4. The summed E-state index contributed by atoms with van der Waals surface area (Å²) in [5.74, 6) is -1.22. The van der Waals surface area contributed by atoms with Gasteiger partial charge in [-0.2, -0.15) is 0 Å². The smallest absolute Gasteiger partial charge is 0.322 e. The van der Waals surface area contributed by atoms with Crippen LogP contribution in [-0.2, 0) is 4.79 Å². The van der Waals surface area contributed by atoms with E-state index in [4.69, 9.17) is 9.63 Å². The maximum absolute atomic E-state index is 11.5. The van der Waals surface area contributed by atoms with Gasteiger partial charge in [0.2, 0.25) is 0 Å². The fraction of sp³-hybridized carbons (Fsp3) is 0.444. The highest BCUT2D eigenvalue weighted by molar-refractivity contribution is 5.96. The number of rotatable bonds is 4. The number of aliphatic carboxylic acids is 1. The highest BCUT2D eigenvalue weighted by Crippen LogP contribution is 2.40. The van der Waals surface area contributed by atoms with E-state index in [-0.39, 0.29) is 0 Å². The van der Waals surface area contributed by atoms with Crippen LogP contribution in [0.4, 0.5) is 0 Å². The molecule has 2 rings (SSSR count). The molecule has 0 bridgehead atoms. The first kappa shape index (κ1) is 9.70. The SMILES string of the molecule is O=C(O)CNC(=O)c1conc1C1CC1. The lowest BCUT2D eigenvalue weighted by molar-refractivity contribution is -0.135. The second-order valence-electron chi connectivity index (χ2n) is 3.46. The third-order valence-electron chi connectivity index (χ3n) is 2.21. The summed E-state index contributed by atoms with van der Waals surface area (Å²) in [4.78, 5) is 21.7. The lowest BCUT2D eigenvalue weighted by atomic mass is 10.2. The summed E-state index contributed by atoms with van der Waals surface area (Å²) >= 11 is 0. The molecule has 0 atom stereocenters. The third kappa shape index (κ3) is 2.15. The van der Waals surface area contributed by atoms with E-state index in [0.29, 0.717) is 17.2 Å². The van der Waals surface area contributed by atoms with Crippen LogP contribution in [-0.4, -0.2) is 28.7 Å². The van der Waals surface area contributed by atoms with Crippen LogP contribution in [0.2, 0.25) is 0 Å². The van der Waals surface area contributed by atoms with Crippen molar-refractivity contribution in [2.75, 3.05) is 6.54 Å². The summed E-state index contributed by atoms with van der Waals surface area (Å²) in [6.07, 6.45) is 3.27. The highest BCUT2D eigenvalue weighted by Gasteiger charge is 2.31. The molecule has 0 aromatic carbocycles. The first-order chi connectivity index (χ1) is 7.18. The topological polar surface area (TPSA) is 92.4 Å². The van der Waals surface area contributed by atoms with Gasteiger partial charge >= 0.3 is 5.97 Å². The van der Waals surface area contributed by atoms with Crippen LogP contribution < -0.4 is 5.32 Å².